The molecule has 1 aromatic carbocycles. The highest BCUT2D eigenvalue weighted by atomic mass is 32.2. The van der Waals surface area contributed by atoms with Gasteiger partial charge in [-0.3, -0.25) is 4.57 Å². The molecule has 5 heteroatoms. The molecular formula is C12H16N2O2S. The molecule has 0 aliphatic rings. The second-order valence-electron chi connectivity index (χ2n) is 4.62. The molecule has 0 bridgehead atoms. The van der Waals surface area contributed by atoms with Gasteiger partial charge in [0.05, 0.1) is 5.52 Å². The summed E-state index contributed by atoms with van der Waals surface area (Å²) in [7, 11) is 1.71. The first-order chi connectivity index (χ1) is 7.93. The van der Waals surface area contributed by atoms with Crippen LogP contribution in [-0.4, -0.2) is 15.9 Å². The molecule has 2 rings (SSSR count). The van der Waals surface area contributed by atoms with Gasteiger partial charge in [0.2, 0.25) is 0 Å². The number of oxazole rings is 1. The highest BCUT2D eigenvalue weighted by Gasteiger charge is 2.18. The minimum atomic E-state index is -0.333. The molecule has 0 aliphatic heterocycles. The number of aryl methyl sites for hydroxylation is 1. The molecule has 0 unspecified atom stereocenters. The van der Waals surface area contributed by atoms with Crippen molar-refractivity contribution in [2.24, 2.45) is 12.8 Å². The van der Waals surface area contributed by atoms with E-state index in [1.54, 1.807) is 18.8 Å². The van der Waals surface area contributed by atoms with E-state index >= 15 is 0 Å². The summed E-state index contributed by atoms with van der Waals surface area (Å²) in [6.45, 7) is 4.78. The third-order valence-electron chi connectivity index (χ3n) is 2.65. The van der Waals surface area contributed by atoms with Crippen molar-refractivity contribution in [3.8, 4) is 0 Å². The van der Waals surface area contributed by atoms with Gasteiger partial charge >= 0.3 is 5.76 Å². The topological polar surface area (TPSA) is 61.2 Å². The van der Waals surface area contributed by atoms with Gasteiger partial charge in [0.1, 0.15) is 0 Å². The quantitative estimate of drug-likeness (QED) is 0.848. The van der Waals surface area contributed by atoms with E-state index in [1.165, 1.54) is 4.57 Å². The van der Waals surface area contributed by atoms with E-state index < -0.39 is 0 Å². The largest absolute Gasteiger partial charge is 0.419 e. The molecule has 1 aromatic heterocycles. The second-order valence-corrected chi connectivity index (χ2v) is 6.40. The molecule has 0 radical (unpaired) electrons. The van der Waals surface area contributed by atoms with E-state index in [1.807, 2.05) is 18.2 Å². The molecule has 0 fully saturated rings. The summed E-state index contributed by atoms with van der Waals surface area (Å²) in [6, 6.07) is 5.74. The Balaban J connectivity index is 2.44. The molecule has 2 aromatic rings. The Labute approximate surface area is 104 Å². The van der Waals surface area contributed by atoms with E-state index in [0.29, 0.717) is 12.1 Å². The molecule has 92 valence electrons. The van der Waals surface area contributed by atoms with Gasteiger partial charge in [-0.2, -0.15) is 0 Å². The lowest BCUT2D eigenvalue weighted by Gasteiger charge is -2.21. The van der Waals surface area contributed by atoms with Crippen LogP contribution in [0.4, 0.5) is 0 Å². The van der Waals surface area contributed by atoms with Crippen molar-refractivity contribution >= 4 is 22.9 Å². The number of hydrogen-bond donors (Lipinski definition) is 1. The van der Waals surface area contributed by atoms with Crippen LogP contribution in [0, 0.1) is 0 Å². The Hall–Kier alpha value is -1.20. The molecule has 4 nitrogen and oxygen atoms in total. The lowest BCUT2D eigenvalue weighted by atomic mass is 10.2. The molecule has 0 aliphatic carbocycles. The number of aromatic nitrogens is 1. The van der Waals surface area contributed by atoms with Crippen LogP contribution in [0.3, 0.4) is 0 Å². The van der Waals surface area contributed by atoms with Crippen molar-refractivity contribution in [1.29, 1.82) is 0 Å². The fraction of sp³-hybridized carbons (Fsp3) is 0.417. The number of hydrogen-bond acceptors (Lipinski definition) is 4. The van der Waals surface area contributed by atoms with Crippen LogP contribution in [-0.2, 0) is 7.05 Å². The van der Waals surface area contributed by atoms with Crippen LogP contribution >= 0.6 is 11.8 Å². The minimum absolute atomic E-state index is 0.0176. The van der Waals surface area contributed by atoms with Gasteiger partial charge in [-0.1, -0.05) is 0 Å². The average Bonchev–Trinajstić information content (AvgIpc) is 2.55. The van der Waals surface area contributed by atoms with Crippen molar-refractivity contribution in [3.63, 3.8) is 0 Å². The van der Waals surface area contributed by atoms with Crippen LogP contribution in [0.15, 0.2) is 32.3 Å². The van der Waals surface area contributed by atoms with E-state index in [9.17, 15) is 4.79 Å². The lowest BCUT2D eigenvalue weighted by molar-refractivity contribution is 0.528. The van der Waals surface area contributed by atoms with Crippen molar-refractivity contribution in [1.82, 2.24) is 4.57 Å². The van der Waals surface area contributed by atoms with Crippen molar-refractivity contribution in [3.05, 3.63) is 28.7 Å². The third kappa shape index (κ3) is 2.40. The van der Waals surface area contributed by atoms with Crippen LogP contribution in [0.5, 0.6) is 0 Å². The Morgan fingerprint density at radius 2 is 2.18 bits per heavy atom. The first-order valence-corrected chi connectivity index (χ1v) is 6.23. The van der Waals surface area contributed by atoms with Crippen molar-refractivity contribution in [2.75, 3.05) is 6.54 Å². The van der Waals surface area contributed by atoms with Gasteiger partial charge in [-0.25, -0.2) is 4.79 Å². The van der Waals surface area contributed by atoms with Gasteiger partial charge in [0.25, 0.3) is 0 Å². The molecule has 2 N–H and O–H groups in total. The summed E-state index contributed by atoms with van der Waals surface area (Å²) in [6.07, 6.45) is 0. The maximum absolute atomic E-state index is 11.4. The standard InChI is InChI=1S/C12H16N2O2S/c1-12(2,7-13)17-8-4-5-10-9(6-8)14(3)11(15)16-10/h4-6H,7,13H2,1-3H3. The van der Waals surface area contributed by atoms with Crippen molar-refractivity contribution in [2.45, 2.75) is 23.5 Å². The second kappa shape index (κ2) is 4.23. The van der Waals surface area contributed by atoms with Gasteiger partial charge < -0.3 is 10.2 Å². The fourth-order valence-electron chi connectivity index (χ4n) is 1.53. The van der Waals surface area contributed by atoms with Crippen LogP contribution in [0.25, 0.3) is 11.1 Å². The first kappa shape index (κ1) is 12.3. The van der Waals surface area contributed by atoms with E-state index in [2.05, 4.69) is 13.8 Å². The molecule has 0 spiro atoms. The molecule has 17 heavy (non-hydrogen) atoms. The smallest absolute Gasteiger partial charge is 0.408 e. The van der Waals surface area contributed by atoms with Crippen molar-refractivity contribution < 1.29 is 4.42 Å². The normalized spacial score (nSPS) is 12.2. The van der Waals surface area contributed by atoms with Crippen LogP contribution < -0.4 is 11.5 Å². The van der Waals surface area contributed by atoms with Crippen LogP contribution in [0.2, 0.25) is 0 Å². The molecular weight excluding hydrogens is 236 g/mol. The predicted molar refractivity (Wildman–Crippen MR) is 70.4 cm³/mol. The Morgan fingerprint density at radius 1 is 1.47 bits per heavy atom. The minimum Gasteiger partial charge on any atom is -0.408 e. The number of rotatable bonds is 3. The Bertz CT molecular complexity index is 598. The number of benzene rings is 1. The zero-order valence-electron chi connectivity index (χ0n) is 10.2. The van der Waals surface area contributed by atoms with Gasteiger partial charge in [-0.15, -0.1) is 11.8 Å². The third-order valence-corrected chi connectivity index (χ3v) is 3.86. The summed E-state index contributed by atoms with van der Waals surface area (Å²) < 4.78 is 6.57. The molecule has 1 heterocycles. The number of fused-ring (bicyclic) bond motifs is 1. The monoisotopic (exact) mass is 252 g/mol. The summed E-state index contributed by atoms with van der Waals surface area (Å²) in [4.78, 5) is 12.4. The number of thioether (sulfide) groups is 1. The maximum Gasteiger partial charge on any atom is 0.419 e. The lowest BCUT2D eigenvalue weighted by Crippen LogP contribution is -2.26. The van der Waals surface area contributed by atoms with Gasteiger partial charge in [0.15, 0.2) is 5.58 Å². The Kier molecular flexibility index (Phi) is 3.05. The number of nitrogens with two attached hydrogens (primary N) is 1. The Morgan fingerprint density at radius 3 is 2.82 bits per heavy atom. The fourth-order valence-corrected chi connectivity index (χ4v) is 2.56. The summed E-state index contributed by atoms with van der Waals surface area (Å²) in [5, 5.41) is 0. The van der Waals surface area contributed by atoms with Gasteiger partial charge in [-0.05, 0) is 32.0 Å². The zero-order valence-corrected chi connectivity index (χ0v) is 11.0. The highest BCUT2D eigenvalue weighted by Crippen LogP contribution is 2.32. The van der Waals surface area contributed by atoms with Crippen LogP contribution in [0.1, 0.15) is 13.8 Å². The molecule has 0 saturated heterocycles. The zero-order chi connectivity index (χ0) is 12.6. The van der Waals surface area contributed by atoms with E-state index in [0.717, 1.165) is 10.4 Å². The summed E-state index contributed by atoms with van der Waals surface area (Å²) >= 11 is 1.70. The van der Waals surface area contributed by atoms with Gasteiger partial charge in [0, 0.05) is 23.2 Å². The highest BCUT2D eigenvalue weighted by molar-refractivity contribution is 8.00. The summed E-state index contributed by atoms with van der Waals surface area (Å²) in [5.41, 5.74) is 7.14. The predicted octanol–water partition coefficient (Wildman–Crippen LogP) is 1.96. The molecule has 0 saturated carbocycles. The molecule has 0 atom stereocenters. The number of nitrogens with zero attached hydrogens (tertiary/aromatic N) is 1. The summed E-state index contributed by atoms with van der Waals surface area (Å²) in [5.74, 6) is -0.333. The molecule has 0 amide bonds. The van der Waals surface area contributed by atoms with E-state index in [-0.39, 0.29) is 10.5 Å². The van der Waals surface area contributed by atoms with E-state index in [4.69, 9.17) is 10.2 Å². The maximum atomic E-state index is 11.4. The SMILES string of the molecule is Cn1c(=O)oc2ccc(SC(C)(C)CN)cc21. The first-order valence-electron chi connectivity index (χ1n) is 5.41. The average molecular weight is 252 g/mol.